The zero-order valence-corrected chi connectivity index (χ0v) is 41.8. The number of amides is 1. The third-order valence-corrected chi connectivity index (χ3v) is 12.8. The van der Waals surface area contributed by atoms with Crippen molar-refractivity contribution in [1.82, 2.24) is 5.32 Å². The van der Waals surface area contributed by atoms with Gasteiger partial charge >= 0.3 is 5.97 Å². The van der Waals surface area contributed by atoms with Gasteiger partial charge in [0.25, 0.3) is 0 Å². The monoisotopic (exact) mass is 874 g/mol. The topological polar surface area (TPSA) is 95.9 Å². The molecule has 0 saturated carbocycles. The Labute approximate surface area is 386 Å². The zero-order chi connectivity index (χ0) is 45.2. The minimum Gasteiger partial charge on any atom is -0.462 e. The normalized spacial score (nSPS) is 13.3. The highest BCUT2D eigenvalue weighted by Crippen LogP contribution is 2.18. The molecular formula is C56H107NO5. The summed E-state index contributed by atoms with van der Waals surface area (Å²) in [7, 11) is 0. The van der Waals surface area contributed by atoms with E-state index in [-0.39, 0.29) is 24.9 Å². The molecule has 0 fully saturated rings. The van der Waals surface area contributed by atoms with E-state index in [1.165, 1.54) is 186 Å². The van der Waals surface area contributed by atoms with Crippen molar-refractivity contribution in [3.63, 3.8) is 0 Å². The van der Waals surface area contributed by atoms with Crippen LogP contribution in [0.1, 0.15) is 297 Å². The summed E-state index contributed by atoms with van der Waals surface area (Å²) in [5.74, 6) is -0.466. The van der Waals surface area contributed by atoms with Gasteiger partial charge in [-0.2, -0.15) is 0 Å². The van der Waals surface area contributed by atoms with E-state index in [4.69, 9.17) is 4.74 Å². The molecule has 6 heteroatoms. The van der Waals surface area contributed by atoms with Crippen molar-refractivity contribution in [1.29, 1.82) is 0 Å². The molecule has 0 saturated heterocycles. The van der Waals surface area contributed by atoms with Gasteiger partial charge in [-0.15, -0.1) is 0 Å². The lowest BCUT2D eigenvalue weighted by atomic mass is 10.0. The summed E-state index contributed by atoms with van der Waals surface area (Å²) in [6.07, 6.45) is 58.1. The molecular weight excluding hydrogens is 767 g/mol. The van der Waals surface area contributed by atoms with Gasteiger partial charge in [0, 0.05) is 6.42 Å². The van der Waals surface area contributed by atoms with Crippen molar-refractivity contribution >= 4 is 11.9 Å². The third kappa shape index (κ3) is 44.9. The van der Waals surface area contributed by atoms with E-state index in [1.54, 1.807) is 0 Å². The molecule has 0 heterocycles. The molecule has 3 atom stereocenters. The van der Waals surface area contributed by atoms with Gasteiger partial charge in [-0.05, 0) is 57.8 Å². The number of ether oxygens (including phenoxy) is 1. The van der Waals surface area contributed by atoms with Gasteiger partial charge in [-0.3, -0.25) is 9.59 Å². The Balaban J connectivity index is 4.52. The van der Waals surface area contributed by atoms with Gasteiger partial charge in [0.15, 0.2) is 0 Å². The maximum Gasteiger partial charge on any atom is 0.306 e. The second kappa shape index (κ2) is 50.3. The molecule has 1 amide bonds. The molecule has 6 nitrogen and oxygen atoms in total. The summed E-state index contributed by atoms with van der Waals surface area (Å²) in [5.41, 5.74) is 0. The van der Waals surface area contributed by atoms with Crippen LogP contribution in [0.15, 0.2) is 24.3 Å². The average Bonchev–Trinajstić information content (AvgIpc) is 3.26. The second-order valence-electron chi connectivity index (χ2n) is 19.0. The molecule has 0 bridgehead atoms. The maximum absolute atomic E-state index is 13.2. The number of carbonyl (C=O) groups is 2. The highest BCUT2D eigenvalue weighted by molar-refractivity contribution is 5.77. The summed E-state index contributed by atoms with van der Waals surface area (Å²) in [6, 6.07) is -0.700. The highest BCUT2D eigenvalue weighted by atomic mass is 16.5. The summed E-state index contributed by atoms with van der Waals surface area (Å²) in [6.45, 7) is 6.48. The van der Waals surface area contributed by atoms with Crippen molar-refractivity contribution in [2.24, 2.45) is 0 Å². The van der Waals surface area contributed by atoms with Crippen LogP contribution in [-0.4, -0.2) is 46.9 Å². The molecule has 0 rings (SSSR count). The summed E-state index contributed by atoms with van der Waals surface area (Å²) in [5, 5.41) is 23.8. The lowest BCUT2D eigenvalue weighted by Gasteiger charge is -2.24. The molecule has 0 aliphatic carbocycles. The van der Waals surface area contributed by atoms with E-state index in [9.17, 15) is 19.8 Å². The standard InChI is InChI=1S/C56H107NO5/c1-4-7-10-13-16-19-22-24-26-27-29-30-33-35-38-41-44-47-52(62-56(61)49-46-43-40-37-32-21-18-15-12-9-6-3)50-55(60)57-53(51-58)54(59)48-45-42-39-36-34-31-28-25-23-20-17-14-11-8-5-2/h16,19,24,26,52-54,58-59H,4-15,17-18,20-23,25,27-51H2,1-3H3,(H,57,60)/b19-16-,26-24-. The fourth-order valence-electron chi connectivity index (χ4n) is 8.58. The minimum absolute atomic E-state index is 0.0777. The van der Waals surface area contributed by atoms with Crippen LogP contribution < -0.4 is 5.32 Å². The Hall–Kier alpha value is -1.66. The van der Waals surface area contributed by atoms with Crippen molar-refractivity contribution in [2.75, 3.05) is 6.61 Å². The number of esters is 1. The van der Waals surface area contributed by atoms with Gasteiger partial charge in [0.2, 0.25) is 5.91 Å². The van der Waals surface area contributed by atoms with E-state index in [2.05, 4.69) is 50.4 Å². The molecule has 3 N–H and O–H groups in total. The number of rotatable bonds is 50. The Morgan fingerprint density at radius 1 is 0.468 bits per heavy atom. The summed E-state index contributed by atoms with van der Waals surface area (Å²) in [4.78, 5) is 26.2. The van der Waals surface area contributed by atoms with Gasteiger partial charge in [-0.1, -0.05) is 251 Å². The van der Waals surface area contributed by atoms with Gasteiger partial charge in [0.1, 0.15) is 6.10 Å². The first kappa shape index (κ1) is 60.3. The molecule has 366 valence electrons. The molecule has 0 aromatic rings. The van der Waals surface area contributed by atoms with Gasteiger partial charge in [0.05, 0.1) is 25.2 Å². The second-order valence-corrected chi connectivity index (χ2v) is 19.0. The molecule has 0 aromatic carbocycles. The largest absolute Gasteiger partial charge is 0.462 e. The van der Waals surface area contributed by atoms with Gasteiger partial charge in [-0.25, -0.2) is 0 Å². The lowest BCUT2D eigenvalue weighted by Crippen LogP contribution is -2.46. The van der Waals surface area contributed by atoms with Crippen LogP contribution in [0.3, 0.4) is 0 Å². The fraction of sp³-hybridized carbons (Fsp3) is 0.893. The lowest BCUT2D eigenvalue weighted by molar-refractivity contribution is -0.151. The van der Waals surface area contributed by atoms with Crippen LogP contribution in [0.25, 0.3) is 0 Å². The summed E-state index contributed by atoms with van der Waals surface area (Å²) < 4.78 is 5.94. The fourth-order valence-corrected chi connectivity index (χ4v) is 8.58. The Morgan fingerprint density at radius 3 is 1.26 bits per heavy atom. The van der Waals surface area contributed by atoms with Crippen molar-refractivity contribution in [3.8, 4) is 0 Å². The first-order chi connectivity index (χ1) is 30.5. The number of aliphatic hydroxyl groups excluding tert-OH is 2. The van der Waals surface area contributed by atoms with Crippen LogP contribution in [0.5, 0.6) is 0 Å². The predicted molar refractivity (Wildman–Crippen MR) is 269 cm³/mol. The molecule has 62 heavy (non-hydrogen) atoms. The number of unbranched alkanes of at least 4 members (excludes halogenated alkanes) is 34. The van der Waals surface area contributed by atoms with Crippen LogP contribution in [0.2, 0.25) is 0 Å². The van der Waals surface area contributed by atoms with Crippen molar-refractivity contribution < 1.29 is 24.5 Å². The van der Waals surface area contributed by atoms with Crippen LogP contribution in [0.4, 0.5) is 0 Å². The van der Waals surface area contributed by atoms with E-state index in [1.807, 2.05) is 0 Å². The quantitative estimate of drug-likeness (QED) is 0.0321. The predicted octanol–water partition coefficient (Wildman–Crippen LogP) is 16.7. The third-order valence-electron chi connectivity index (χ3n) is 12.8. The Kier molecular flexibility index (Phi) is 49.0. The number of carbonyl (C=O) groups excluding carboxylic acids is 2. The van der Waals surface area contributed by atoms with Crippen LogP contribution >= 0.6 is 0 Å². The molecule has 0 aromatic heterocycles. The van der Waals surface area contributed by atoms with Gasteiger partial charge < -0.3 is 20.3 Å². The molecule has 0 aliphatic heterocycles. The maximum atomic E-state index is 13.2. The SMILES string of the molecule is CCCCC/C=C\C/C=C\CCCCCCCCCC(CC(=O)NC(CO)C(O)CCCCCCCCCCCCCCCCC)OC(=O)CCCCCCCCCCCCC. The van der Waals surface area contributed by atoms with Crippen molar-refractivity contribution in [2.45, 2.75) is 315 Å². The van der Waals surface area contributed by atoms with Crippen molar-refractivity contribution in [3.05, 3.63) is 24.3 Å². The number of allylic oxidation sites excluding steroid dienone is 4. The van der Waals surface area contributed by atoms with E-state index in [0.29, 0.717) is 19.3 Å². The molecule has 0 spiro atoms. The van der Waals surface area contributed by atoms with Crippen LogP contribution in [-0.2, 0) is 14.3 Å². The number of nitrogens with one attached hydrogen (secondary N) is 1. The molecule has 0 aliphatic rings. The Morgan fingerprint density at radius 2 is 0.823 bits per heavy atom. The van der Waals surface area contributed by atoms with E-state index >= 15 is 0 Å². The van der Waals surface area contributed by atoms with E-state index < -0.39 is 18.2 Å². The number of hydrogen-bond acceptors (Lipinski definition) is 5. The Bertz CT molecular complexity index is 981. The zero-order valence-electron chi connectivity index (χ0n) is 41.8. The number of hydrogen-bond donors (Lipinski definition) is 3. The first-order valence-electron chi connectivity index (χ1n) is 27.6. The number of aliphatic hydroxyl groups is 2. The van der Waals surface area contributed by atoms with E-state index in [0.717, 1.165) is 64.2 Å². The summed E-state index contributed by atoms with van der Waals surface area (Å²) >= 11 is 0. The molecule has 3 unspecified atom stereocenters. The highest BCUT2D eigenvalue weighted by Gasteiger charge is 2.24. The minimum atomic E-state index is -0.786. The first-order valence-corrected chi connectivity index (χ1v) is 27.6. The van der Waals surface area contributed by atoms with Crippen LogP contribution in [0, 0.1) is 0 Å². The smallest absolute Gasteiger partial charge is 0.306 e. The molecule has 0 radical (unpaired) electrons. The average molecular weight is 874 g/mol.